The van der Waals surface area contributed by atoms with Gasteiger partial charge in [-0.1, -0.05) is 41.4 Å². The maximum absolute atomic E-state index is 12.5. The summed E-state index contributed by atoms with van der Waals surface area (Å²) in [5.41, 5.74) is 1.82. The zero-order valence-corrected chi connectivity index (χ0v) is 14.2. The fraction of sp³-hybridized carbons (Fsp3) is 0.0556. The van der Waals surface area contributed by atoms with Crippen LogP contribution in [0.1, 0.15) is 27.6 Å². The first-order chi connectivity index (χ1) is 11.5. The van der Waals surface area contributed by atoms with E-state index in [0.29, 0.717) is 16.8 Å². The van der Waals surface area contributed by atoms with Crippen molar-refractivity contribution in [3.05, 3.63) is 69.8 Å². The van der Waals surface area contributed by atoms with Crippen molar-refractivity contribution in [2.45, 2.75) is 6.92 Å². The number of amides is 1. The number of pyridine rings is 1. The van der Waals surface area contributed by atoms with Crippen LogP contribution in [0.15, 0.2) is 48.7 Å². The second kappa shape index (κ2) is 6.59. The number of hydrogen-bond donors (Lipinski definition) is 1. The third kappa shape index (κ3) is 3.11. The molecule has 3 rings (SSSR count). The van der Waals surface area contributed by atoms with Gasteiger partial charge in [0, 0.05) is 17.1 Å². The van der Waals surface area contributed by atoms with Crippen LogP contribution in [-0.2, 0) is 0 Å². The molecule has 4 nitrogen and oxygen atoms in total. The number of aromatic nitrogens is 1. The molecule has 120 valence electrons. The minimum absolute atomic E-state index is 0.0679. The van der Waals surface area contributed by atoms with E-state index < -0.39 is 5.91 Å². The van der Waals surface area contributed by atoms with E-state index in [9.17, 15) is 9.59 Å². The Hall–Kier alpha value is -2.43. The predicted molar refractivity (Wildman–Crippen MR) is 96.2 cm³/mol. The third-order valence-electron chi connectivity index (χ3n) is 3.56. The minimum Gasteiger partial charge on any atom is -0.320 e. The van der Waals surface area contributed by atoms with Gasteiger partial charge in [0.25, 0.3) is 5.91 Å². The molecular formula is C18H12Cl2N2O2. The van der Waals surface area contributed by atoms with E-state index in [1.165, 1.54) is 13.1 Å². The monoisotopic (exact) mass is 358 g/mol. The number of Topliss-reactive ketones (excluding diaryl/α,β-unsaturated/α-hetero) is 1. The van der Waals surface area contributed by atoms with Crippen LogP contribution in [0.25, 0.3) is 10.9 Å². The van der Waals surface area contributed by atoms with E-state index in [2.05, 4.69) is 10.3 Å². The molecule has 0 bridgehead atoms. The normalized spacial score (nSPS) is 10.6. The summed E-state index contributed by atoms with van der Waals surface area (Å²) < 4.78 is 0. The van der Waals surface area contributed by atoms with Gasteiger partial charge in [0.2, 0.25) is 0 Å². The lowest BCUT2D eigenvalue weighted by Gasteiger charge is -2.10. The lowest BCUT2D eigenvalue weighted by Crippen LogP contribution is -2.13. The van der Waals surface area contributed by atoms with Gasteiger partial charge in [-0.15, -0.1) is 0 Å². The second-order valence-electron chi connectivity index (χ2n) is 5.21. The Labute approximate surface area is 148 Å². The predicted octanol–water partition coefficient (Wildman–Crippen LogP) is 5.00. The van der Waals surface area contributed by atoms with Crippen molar-refractivity contribution in [3.8, 4) is 0 Å². The van der Waals surface area contributed by atoms with Crippen molar-refractivity contribution < 1.29 is 9.59 Å². The minimum atomic E-state index is -0.421. The van der Waals surface area contributed by atoms with Crippen molar-refractivity contribution in [2.75, 3.05) is 5.32 Å². The molecule has 0 atom stereocenters. The Bertz CT molecular complexity index is 950. The van der Waals surface area contributed by atoms with Crippen LogP contribution in [0.2, 0.25) is 10.0 Å². The van der Waals surface area contributed by atoms with Crippen molar-refractivity contribution in [1.29, 1.82) is 0 Å². The van der Waals surface area contributed by atoms with Crippen molar-refractivity contribution in [3.63, 3.8) is 0 Å². The molecule has 2 aromatic carbocycles. The molecule has 1 heterocycles. The van der Waals surface area contributed by atoms with Crippen LogP contribution in [0.4, 0.5) is 5.69 Å². The van der Waals surface area contributed by atoms with E-state index in [0.717, 1.165) is 5.39 Å². The van der Waals surface area contributed by atoms with Gasteiger partial charge in [-0.25, -0.2) is 0 Å². The molecule has 0 aliphatic rings. The Morgan fingerprint density at radius 2 is 1.71 bits per heavy atom. The quantitative estimate of drug-likeness (QED) is 0.670. The highest BCUT2D eigenvalue weighted by molar-refractivity contribution is 6.40. The molecule has 6 heteroatoms. The van der Waals surface area contributed by atoms with E-state index in [1.54, 1.807) is 36.4 Å². The van der Waals surface area contributed by atoms with E-state index in [1.807, 2.05) is 6.07 Å². The molecule has 1 amide bonds. The maximum Gasteiger partial charge on any atom is 0.258 e. The summed E-state index contributed by atoms with van der Waals surface area (Å²) in [7, 11) is 0. The Balaban J connectivity index is 2.01. The highest BCUT2D eigenvalue weighted by Gasteiger charge is 2.16. The number of fused-ring (bicyclic) bond motifs is 1. The number of carbonyl (C=O) groups excluding carboxylic acids is 2. The molecule has 1 N–H and O–H groups in total. The first-order valence-electron chi connectivity index (χ1n) is 7.12. The van der Waals surface area contributed by atoms with E-state index >= 15 is 0 Å². The number of hydrogen-bond acceptors (Lipinski definition) is 3. The van der Waals surface area contributed by atoms with E-state index in [-0.39, 0.29) is 21.4 Å². The smallest absolute Gasteiger partial charge is 0.258 e. The summed E-state index contributed by atoms with van der Waals surface area (Å²) in [6.07, 6.45) is 1.49. The first kappa shape index (κ1) is 16.4. The molecule has 0 fully saturated rings. The highest BCUT2D eigenvalue weighted by atomic mass is 35.5. The number of anilines is 1. The topological polar surface area (TPSA) is 59.1 Å². The highest BCUT2D eigenvalue weighted by Crippen LogP contribution is 2.27. The number of para-hydroxylation sites is 1. The summed E-state index contributed by atoms with van der Waals surface area (Å²) in [4.78, 5) is 28.3. The van der Waals surface area contributed by atoms with Crippen LogP contribution in [-0.4, -0.2) is 16.7 Å². The van der Waals surface area contributed by atoms with Crippen LogP contribution in [0, 0.1) is 0 Å². The van der Waals surface area contributed by atoms with E-state index in [4.69, 9.17) is 23.2 Å². The first-order valence-corrected chi connectivity index (χ1v) is 7.88. The lowest BCUT2D eigenvalue weighted by molar-refractivity contribution is 0.101. The van der Waals surface area contributed by atoms with Crippen LogP contribution >= 0.6 is 23.2 Å². The number of carbonyl (C=O) groups is 2. The molecule has 0 saturated carbocycles. The fourth-order valence-electron chi connectivity index (χ4n) is 2.35. The van der Waals surface area contributed by atoms with Crippen LogP contribution in [0.5, 0.6) is 0 Å². The van der Waals surface area contributed by atoms with Crippen LogP contribution in [0.3, 0.4) is 0 Å². The zero-order valence-electron chi connectivity index (χ0n) is 12.6. The second-order valence-corrected chi connectivity index (χ2v) is 6.02. The maximum atomic E-state index is 12.5. The number of nitrogens with one attached hydrogen (secondary N) is 1. The lowest BCUT2D eigenvalue weighted by atomic mass is 10.1. The SMILES string of the molecule is CC(=O)c1cnc2c(NC(=O)c3c(Cl)cccc3Cl)cccc2c1. The molecular weight excluding hydrogens is 347 g/mol. The average Bonchev–Trinajstić information content (AvgIpc) is 2.54. The molecule has 1 aromatic heterocycles. The standard InChI is InChI=1S/C18H12Cl2N2O2/c1-10(23)12-8-11-4-2-7-15(17(11)21-9-12)22-18(24)16-13(19)5-3-6-14(16)20/h2-9H,1H3,(H,22,24). The van der Waals surface area contributed by atoms with Gasteiger partial charge >= 0.3 is 0 Å². The van der Waals surface area contributed by atoms with Gasteiger partial charge in [-0.2, -0.15) is 0 Å². The number of rotatable bonds is 3. The number of nitrogens with zero attached hydrogens (tertiary/aromatic N) is 1. The van der Waals surface area contributed by atoms with Gasteiger partial charge in [0.15, 0.2) is 5.78 Å². The molecule has 24 heavy (non-hydrogen) atoms. The van der Waals surface area contributed by atoms with Gasteiger partial charge < -0.3 is 5.32 Å². The summed E-state index contributed by atoms with van der Waals surface area (Å²) in [5.74, 6) is -0.489. The third-order valence-corrected chi connectivity index (χ3v) is 4.19. The molecule has 0 spiro atoms. The van der Waals surface area contributed by atoms with Crippen molar-refractivity contribution in [2.24, 2.45) is 0 Å². The van der Waals surface area contributed by atoms with Gasteiger partial charge in [0.05, 0.1) is 26.8 Å². The Morgan fingerprint density at radius 1 is 1.04 bits per heavy atom. The molecule has 0 unspecified atom stereocenters. The van der Waals surface area contributed by atoms with Crippen molar-refractivity contribution >= 4 is 51.5 Å². The summed E-state index contributed by atoms with van der Waals surface area (Å²) in [6, 6.07) is 11.9. The van der Waals surface area contributed by atoms with Gasteiger partial charge in [-0.3, -0.25) is 14.6 Å². The van der Waals surface area contributed by atoms with Crippen molar-refractivity contribution in [1.82, 2.24) is 4.98 Å². The number of ketones is 1. The molecule has 0 radical (unpaired) electrons. The molecule has 3 aromatic rings. The number of halogens is 2. The molecule has 0 aliphatic heterocycles. The zero-order chi connectivity index (χ0) is 17.3. The van der Waals surface area contributed by atoms with Crippen LogP contribution < -0.4 is 5.32 Å². The molecule has 0 saturated heterocycles. The summed E-state index contributed by atoms with van der Waals surface area (Å²) in [6.45, 7) is 1.48. The largest absolute Gasteiger partial charge is 0.320 e. The summed E-state index contributed by atoms with van der Waals surface area (Å²) in [5, 5.41) is 4.07. The Morgan fingerprint density at radius 3 is 2.38 bits per heavy atom. The Kier molecular flexibility index (Phi) is 4.51. The number of benzene rings is 2. The van der Waals surface area contributed by atoms with Gasteiger partial charge in [-0.05, 0) is 31.2 Å². The fourth-order valence-corrected chi connectivity index (χ4v) is 2.92. The summed E-state index contributed by atoms with van der Waals surface area (Å²) >= 11 is 12.1. The average molecular weight is 359 g/mol. The molecule has 0 aliphatic carbocycles. The van der Waals surface area contributed by atoms with Gasteiger partial charge in [0.1, 0.15) is 0 Å².